The van der Waals surface area contributed by atoms with Crippen LogP contribution in [0.3, 0.4) is 0 Å². The third-order valence-electron chi connectivity index (χ3n) is 6.79. The minimum Gasteiger partial charge on any atom is -0.335 e. The molecule has 2 amide bonds. The number of hydrogen-bond donors (Lipinski definition) is 1. The lowest BCUT2D eigenvalue weighted by Gasteiger charge is -2.27. The Balaban J connectivity index is 1.42. The number of hydrogen-bond acceptors (Lipinski definition) is 4. The standard InChI is InChI=1S/C26H31N5O2/c1-3-21-15-23(26(33)30-14-6-4-5-7-17(30)2)28-24-16-22(29-31(21)24)18-10-12-20(13-11-18)27-25(32)19-8-9-19/h10-13,15-17,19H,3-9,14H2,1-2H3,(H,27,32). The maximum atomic E-state index is 13.3. The summed E-state index contributed by atoms with van der Waals surface area (Å²) in [4.78, 5) is 32.0. The van der Waals surface area contributed by atoms with Gasteiger partial charge in [0.1, 0.15) is 5.69 Å². The fourth-order valence-electron chi connectivity index (χ4n) is 4.58. The second-order valence-corrected chi connectivity index (χ2v) is 9.32. The van der Waals surface area contributed by atoms with Crippen molar-refractivity contribution >= 4 is 23.1 Å². The molecule has 2 fully saturated rings. The van der Waals surface area contributed by atoms with Crippen LogP contribution in [0.4, 0.5) is 5.69 Å². The number of benzene rings is 1. The number of aryl methyl sites for hydroxylation is 1. The second-order valence-electron chi connectivity index (χ2n) is 9.32. The first-order chi connectivity index (χ1) is 16.0. The first kappa shape index (κ1) is 21.6. The summed E-state index contributed by atoms with van der Waals surface area (Å²) in [6, 6.07) is 11.8. The van der Waals surface area contributed by atoms with Gasteiger partial charge in [0, 0.05) is 41.5 Å². The van der Waals surface area contributed by atoms with Crippen LogP contribution in [0, 0.1) is 5.92 Å². The fraction of sp³-hybridized carbons (Fsp3) is 0.462. The Morgan fingerprint density at radius 1 is 1.06 bits per heavy atom. The Hall–Kier alpha value is -3.22. The van der Waals surface area contributed by atoms with Crippen LogP contribution in [0.25, 0.3) is 16.9 Å². The van der Waals surface area contributed by atoms with Crippen molar-refractivity contribution in [3.05, 3.63) is 47.8 Å². The smallest absolute Gasteiger partial charge is 0.272 e. The predicted molar refractivity (Wildman–Crippen MR) is 128 cm³/mol. The molecule has 2 aromatic heterocycles. The van der Waals surface area contributed by atoms with E-state index in [1.807, 2.05) is 45.8 Å². The summed E-state index contributed by atoms with van der Waals surface area (Å²) in [6.07, 6.45) is 7.16. The Morgan fingerprint density at radius 2 is 1.85 bits per heavy atom. The molecule has 7 nitrogen and oxygen atoms in total. The van der Waals surface area contributed by atoms with E-state index in [9.17, 15) is 9.59 Å². The van der Waals surface area contributed by atoms with Crippen molar-refractivity contribution in [2.24, 2.45) is 5.92 Å². The van der Waals surface area contributed by atoms with E-state index in [4.69, 9.17) is 10.1 Å². The number of nitrogens with zero attached hydrogens (tertiary/aromatic N) is 4. The zero-order valence-corrected chi connectivity index (χ0v) is 19.4. The number of nitrogens with one attached hydrogen (secondary N) is 1. The third-order valence-corrected chi connectivity index (χ3v) is 6.79. The van der Waals surface area contributed by atoms with Gasteiger partial charge in [0.2, 0.25) is 5.91 Å². The molecule has 0 radical (unpaired) electrons. The minimum absolute atomic E-state index is 0.0140. The second kappa shape index (κ2) is 8.96. The molecule has 1 unspecified atom stereocenters. The SMILES string of the molecule is CCc1cc(C(=O)N2CCCCCC2C)nc2cc(-c3ccc(NC(=O)C4CC4)cc3)nn12. The van der Waals surface area contributed by atoms with Crippen molar-refractivity contribution in [1.29, 1.82) is 0 Å². The molecule has 1 aromatic carbocycles. The zero-order valence-electron chi connectivity index (χ0n) is 19.4. The number of rotatable bonds is 5. The quantitative estimate of drug-likeness (QED) is 0.617. The van der Waals surface area contributed by atoms with Crippen LogP contribution in [0.1, 0.15) is 68.6 Å². The van der Waals surface area contributed by atoms with E-state index >= 15 is 0 Å². The topological polar surface area (TPSA) is 79.6 Å². The molecular weight excluding hydrogens is 414 g/mol. The summed E-state index contributed by atoms with van der Waals surface area (Å²) >= 11 is 0. The van der Waals surface area contributed by atoms with Crippen molar-refractivity contribution in [3.8, 4) is 11.3 Å². The van der Waals surface area contributed by atoms with Gasteiger partial charge in [0.05, 0.1) is 5.69 Å². The Kier molecular flexibility index (Phi) is 5.87. The van der Waals surface area contributed by atoms with Gasteiger partial charge in [-0.25, -0.2) is 9.50 Å². The van der Waals surface area contributed by atoms with Crippen molar-refractivity contribution < 1.29 is 9.59 Å². The van der Waals surface area contributed by atoms with Crippen LogP contribution in [-0.4, -0.2) is 43.9 Å². The van der Waals surface area contributed by atoms with Gasteiger partial charge < -0.3 is 10.2 Å². The summed E-state index contributed by atoms with van der Waals surface area (Å²) in [5.74, 6) is 0.291. The Bertz CT molecular complexity index is 1180. The maximum Gasteiger partial charge on any atom is 0.272 e. The fourth-order valence-corrected chi connectivity index (χ4v) is 4.58. The van der Waals surface area contributed by atoms with E-state index in [-0.39, 0.29) is 23.8 Å². The van der Waals surface area contributed by atoms with Crippen molar-refractivity contribution in [2.45, 2.75) is 64.8 Å². The highest BCUT2D eigenvalue weighted by atomic mass is 16.2. The number of aromatic nitrogens is 3. The van der Waals surface area contributed by atoms with E-state index < -0.39 is 0 Å². The molecule has 33 heavy (non-hydrogen) atoms. The van der Waals surface area contributed by atoms with Crippen LogP contribution in [0.2, 0.25) is 0 Å². The van der Waals surface area contributed by atoms with Crippen LogP contribution in [-0.2, 0) is 11.2 Å². The lowest BCUT2D eigenvalue weighted by atomic mass is 10.1. The Morgan fingerprint density at radius 3 is 2.58 bits per heavy atom. The molecule has 7 heteroatoms. The number of carbonyl (C=O) groups is 2. The van der Waals surface area contributed by atoms with Gasteiger partial charge in [-0.05, 0) is 57.2 Å². The molecular formula is C26H31N5O2. The van der Waals surface area contributed by atoms with Gasteiger partial charge in [-0.1, -0.05) is 31.9 Å². The number of carbonyl (C=O) groups excluding carboxylic acids is 2. The van der Waals surface area contributed by atoms with Crippen LogP contribution in [0.5, 0.6) is 0 Å². The maximum absolute atomic E-state index is 13.3. The van der Waals surface area contributed by atoms with Crippen LogP contribution in [0.15, 0.2) is 36.4 Å². The normalized spacial score (nSPS) is 18.8. The van der Waals surface area contributed by atoms with E-state index in [1.165, 1.54) is 12.8 Å². The van der Waals surface area contributed by atoms with Crippen LogP contribution < -0.4 is 5.32 Å². The average Bonchev–Trinajstić information content (AvgIpc) is 3.62. The highest BCUT2D eigenvalue weighted by Crippen LogP contribution is 2.30. The molecule has 3 heterocycles. The molecule has 3 aromatic rings. The highest BCUT2D eigenvalue weighted by Gasteiger charge is 2.29. The number of fused-ring (bicyclic) bond motifs is 1. The summed E-state index contributed by atoms with van der Waals surface area (Å²) in [7, 11) is 0. The van der Waals surface area contributed by atoms with Gasteiger partial charge in [-0.3, -0.25) is 9.59 Å². The summed E-state index contributed by atoms with van der Waals surface area (Å²) in [6.45, 7) is 4.99. The largest absolute Gasteiger partial charge is 0.335 e. The molecule has 1 aliphatic carbocycles. The lowest BCUT2D eigenvalue weighted by molar-refractivity contribution is -0.117. The van der Waals surface area contributed by atoms with Gasteiger partial charge in [0.15, 0.2) is 5.65 Å². The average molecular weight is 446 g/mol. The van der Waals surface area contributed by atoms with E-state index in [0.29, 0.717) is 11.3 Å². The van der Waals surface area contributed by atoms with Gasteiger partial charge >= 0.3 is 0 Å². The van der Waals surface area contributed by atoms with Gasteiger partial charge in [-0.15, -0.1) is 0 Å². The monoisotopic (exact) mass is 445 g/mol. The van der Waals surface area contributed by atoms with E-state index in [2.05, 4.69) is 19.2 Å². The third kappa shape index (κ3) is 4.49. The molecule has 1 atom stereocenters. The van der Waals surface area contributed by atoms with Crippen molar-refractivity contribution in [1.82, 2.24) is 19.5 Å². The number of amides is 2. The molecule has 2 aliphatic rings. The molecule has 1 saturated heterocycles. The first-order valence-corrected chi connectivity index (χ1v) is 12.2. The summed E-state index contributed by atoms with van der Waals surface area (Å²) in [5, 5.41) is 7.73. The lowest BCUT2D eigenvalue weighted by Crippen LogP contribution is -2.38. The van der Waals surface area contributed by atoms with E-state index in [0.717, 1.165) is 61.3 Å². The van der Waals surface area contributed by atoms with E-state index in [1.54, 1.807) is 0 Å². The Labute approximate surface area is 194 Å². The highest BCUT2D eigenvalue weighted by molar-refractivity contribution is 5.94. The van der Waals surface area contributed by atoms with Crippen LogP contribution >= 0.6 is 0 Å². The minimum atomic E-state index is 0.0140. The first-order valence-electron chi connectivity index (χ1n) is 12.2. The van der Waals surface area contributed by atoms with Gasteiger partial charge in [-0.2, -0.15) is 5.10 Å². The van der Waals surface area contributed by atoms with Crippen molar-refractivity contribution in [3.63, 3.8) is 0 Å². The molecule has 1 aliphatic heterocycles. The van der Waals surface area contributed by atoms with Crippen molar-refractivity contribution in [2.75, 3.05) is 11.9 Å². The summed E-state index contributed by atoms with van der Waals surface area (Å²) < 4.78 is 1.83. The predicted octanol–water partition coefficient (Wildman–Crippen LogP) is 4.71. The molecule has 1 N–H and O–H groups in total. The number of likely N-dealkylation sites (tertiary alicyclic amines) is 1. The molecule has 172 valence electrons. The zero-order chi connectivity index (χ0) is 22.9. The van der Waals surface area contributed by atoms with Gasteiger partial charge in [0.25, 0.3) is 5.91 Å². The summed E-state index contributed by atoms with van der Waals surface area (Å²) in [5.41, 5.74) is 4.68. The molecule has 5 rings (SSSR count). The molecule has 0 spiro atoms. The number of anilines is 1. The molecule has 1 saturated carbocycles. The molecule has 0 bridgehead atoms.